The van der Waals surface area contributed by atoms with Crippen LogP contribution in [-0.4, -0.2) is 5.04 Å². The van der Waals surface area contributed by atoms with Gasteiger partial charge in [-0.25, -0.2) is 0 Å². The molecule has 1 aliphatic rings. The molecule has 0 N–H and O–H groups in total. The van der Waals surface area contributed by atoms with Gasteiger partial charge in [-0.2, -0.15) is 0 Å². The van der Waals surface area contributed by atoms with Crippen LogP contribution in [0.3, 0.4) is 0 Å². The van der Waals surface area contributed by atoms with Gasteiger partial charge in [0.15, 0.2) is 0 Å². The summed E-state index contributed by atoms with van der Waals surface area (Å²) in [7, 11) is 0. The molecular weight excluding hydrogens is 286 g/mol. The molecular formula is C20H21NS. The lowest BCUT2D eigenvalue weighted by Gasteiger charge is -2.28. The molecule has 1 atom stereocenters. The lowest BCUT2D eigenvalue weighted by atomic mass is 9.97. The minimum atomic E-state index is 0.0615. The SMILES string of the molecule is CC(C)(C)C1=NC(c2ccccc2)C=C(c2ccccc2)S1. The van der Waals surface area contributed by atoms with Crippen molar-refractivity contribution in [3.8, 4) is 0 Å². The average Bonchev–Trinajstić information content (AvgIpc) is 2.55. The summed E-state index contributed by atoms with van der Waals surface area (Å²) in [6.45, 7) is 6.69. The normalized spacial score (nSPS) is 18.6. The van der Waals surface area contributed by atoms with E-state index in [0.717, 1.165) is 0 Å². The summed E-state index contributed by atoms with van der Waals surface area (Å²) in [5.74, 6) is 0. The number of rotatable bonds is 2. The summed E-state index contributed by atoms with van der Waals surface area (Å²) in [6.07, 6.45) is 2.28. The first-order chi connectivity index (χ1) is 10.5. The van der Waals surface area contributed by atoms with Gasteiger partial charge in [0.25, 0.3) is 0 Å². The fraction of sp³-hybridized carbons (Fsp3) is 0.250. The molecule has 0 radical (unpaired) electrons. The van der Waals surface area contributed by atoms with Crippen molar-refractivity contribution in [2.75, 3.05) is 0 Å². The highest BCUT2D eigenvalue weighted by Crippen LogP contribution is 2.42. The maximum atomic E-state index is 5.00. The molecule has 0 aromatic heterocycles. The molecule has 0 amide bonds. The fourth-order valence-corrected chi connectivity index (χ4v) is 3.53. The summed E-state index contributed by atoms with van der Waals surface area (Å²) >= 11 is 1.80. The highest BCUT2D eigenvalue weighted by atomic mass is 32.2. The number of nitrogens with zero attached hydrogens (tertiary/aromatic N) is 1. The first-order valence-corrected chi connectivity index (χ1v) is 8.44. The third kappa shape index (κ3) is 3.33. The molecule has 0 bridgehead atoms. The Bertz CT molecular complexity index is 693. The zero-order chi connectivity index (χ0) is 15.6. The monoisotopic (exact) mass is 307 g/mol. The van der Waals surface area contributed by atoms with Crippen LogP contribution in [0.1, 0.15) is 37.9 Å². The van der Waals surface area contributed by atoms with Gasteiger partial charge in [-0.3, -0.25) is 4.99 Å². The zero-order valence-electron chi connectivity index (χ0n) is 13.3. The van der Waals surface area contributed by atoms with Crippen molar-refractivity contribution in [3.63, 3.8) is 0 Å². The van der Waals surface area contributed by atoms with Crippen LogP contribution in [0, 0.1) is 5.41 Å². The minimum absolute atomic E-state index is 0.0615. The molecule has 0 aliphatic carbocycles. The quantitative estimate of drug-likeness (QED) is 0.666. The Kier molecular flexibility index (Phi) is 4.21. The van der Waals surface area contributed by atoms with Crippen LogP contribution >= 0.6 is 11.8 Å². The molecule has 2 aromatic carbocycles. The summed E-state index contributed by atoms with van der Waals surface area (Å²) in [4.78, 5) is 6.30. The van der Waals surface area contributed by atoms with Gasteiger partial charge >= 0.3 is 0 Å². The second-order valence-corrected chi connectivity index (χ2v) is 7.57. The first-order valence-electron chi connectivity index (χ1n) is 7.62. The van der Waals surface area contributed by atoms with E-state index in [-0.39, 0.29) is 11.5 Å². The van der Waals surface area contributed by atoms with Crippen molar-refractivity contribution in [2.45, 2.75) is 26.8 Å². The fourth-order valence-electron chi connectivity index (χ4n) is 2.40. The molecule has 0 fully saturated rings. The maximum Gasteiger partial charge on any atom is 0.0954 e. The molecule has 1 nitrogen and oxygen atoms in total. The molecule has 112 valence electrons. The van der Waals surface area contributed by atoms with Gasteiger partial charge in [0.05, 0.1) is 11.1 Å². The van der Waals surface area contributed by atoms with Crippen molar-refractivity contribution in [1.29, 1.82) is 0 Å². The van der Waals surface area contributed by atoms with E-state index in [1.54, 1.807) is 11.8 Å². The van der Waals surface area contributed by atoms with Crippen LogP contribution < -0.4 is 0 Å². The zero-order valence-corrected chi connectivity index (χ0v) is 14.1. The van der Waals surface area contributed by atoms with Crippen molar-refractivity contribution >= 4 is 21.7 Å². The Labute approximate surface area is 137 Å². The maximum absolute atomic E-state index is 5.00. The van der Waals surface area contributed by atoms with Gasteiger partial charge in [0.1, 0.15) is 0 Å². The van der Waals surface area contributed by atoms with Gasteiger partial charge in [-0.1, -0.05) is 93.2 Å². The van der Waals surface area contributed by atoms with Gasteiger partial charge in [-0.15, -0.1) is 0 Å². The molecule has 1 aliphatic heterocycles. The third-order valence-electron chi connectivity index (χ3n) is 3.61. The van der Waals surface area contributed by atoms with E-state index in [1.165, 1.54) is 21.1 Å². The highest BCUT2D eigenvalue weighted by molar-refractivity contribution is 8.21. The van der Waals surface area contributed by atoms with E-state index >= 15 is 0 Å². The third-order valence-corrected chi connectivity index (χ3v) is 5.12. The Hall–Kier alpha value is -1.80. The van der Waals surface area contributed by atoms with E-state index in [9.17, 15) is 0 Å². The van der Waals surface area contributed by atoms with E-state index in [2.05, 4.69) is 87.5 Å². The lowest BCUT2D eigenvalue weighted by Crippen LogP contribution is -2.20. The first kappa shape index (κ1) is 15.1. The average molecular weight is 307 g/mol. The predicted octanol–water partition coefficient (Wildman–Crippen LogP) is 5.96. The molecule has 3 rings (SSSR count). The number of aliphatic imine (C=N–C) groups is 1. The second kappa shape index (κ2) is 6.13. The summed E-state index contributed by atoms with van der Waals surface area (Å²) in [5.41, 5.74) is 2.58. The molecule has 0 saturated heterocycles. The molecule has 2 heteroatoms. The van der Waals surface area contributed by atoms with Crippen LogP contribution in [0.15, 0.2) is 71.7 Å². The van der Waals surface area contributed by atoms with Crippen molar-refractivity contribution in [3.05, 3.63) is 77.9 Å². The molecule has 22 heavy (non-hydrogen) atoms. The molecule has 0 saturated carbocycles. The Balaban J connectivity index is 2.03. The topological polar surface area (TPSA) is 12.4 Å². The molecule has 2 aromatic rings. The van der Waals surface area contributed by atoms with E-state index in [4.69, 9.17) is 4.99 Å². The Morgan fingerprint density at radius 1 is 0.864 bits per heavy atom. The van der Waals surface area contributed by atoms with Gasteiger partial charge in [0, 0.05) is 10.3 Å². The van der Waals surface area contributed by atoms with Gasteiger partial charge in [0.2, 0.25) is 0 Å². The molecule has 1 unspecified atom stereocenters. The van der Waals surface area contributed by atoms with Gasteiger partial charge < -0.3 is 0 Å². The van der Waals surface area contributed by atoms with E-state index in [1.807, 2.05) is 0 Å². The van der Waals surface area contributed by atoms with Gasteiger partial charge in [-0.05, 0) is 17.2 Å². The van der Waals surface area contributed by atoms with Crippen molar-refractivity contribution in [1.82, 2.24) is 0 Å². The lowest BCUT2D eigenvalue weighted by molar-refractivity contribution is 0.596. The van der Waals surface area contributed by atoms with Crippen LogP contribution in [0.5, 0.6) is 0 Å². The highest BCUT2D eigenvalue weighted by Gasteiger charge is 2.27. The summed E-state index contributed by atoms with van der Waals surface area (Å²) in [5, 5.41) is 1.20. The van der Waals surface area contributed by atoms with Crippen LogP contribution in [0.4, 0.5) is 0 Å². The second-order valence-electron chi connectivity index (χ2n) is 6.54. The smallest absolute Gasteiger partial charge is 0.0954 e. The minimum Gasteiger partial charge on any atom is -0.270 e. The van der Waals surface area contributed by atoms with Crippen LogP contribution in [0.25, 0.3) is 4.91 Å². The van der Waals surface area contributed by atoms with Crippen molar-refractivity contribution in [2.24, 2.45) is 10.4 Å². The number of hydrogen-bond acceptors (Lipinski definition) is 2. The van der Waals surface area contributed by atoms with E-state index in [0.29, 0.717) is 0 Å². The van der Waals surface area contributed by atoms with Crippen LogP contribution in [-0.2, 0) is 0 Å². The summed E-state index contributed by atoms with van der Waals surface area (Å²) < 4.78 is 0. The Morgan fingerprint density at radius 2 is 1.45 bits per heavy atom. The largest absolute Gasteiger partial charge is 0.270 e. The molecule has 0 spiro atoms. The number of benzene rings is 2. The Morgan fingerprint density at radius 3 is 2.05 bits per heavy atom. The van der Waals surface area contributed by atoms with Crippen molar-refractivity contribution < 1.29 is 0 Å². The number of hydrogen-bond donors (Lipinski definition) is 0. The summed E-state index contributed by atoms with van der Waals surface area (Å²) in [6, 6.07) is 21.2. The number of thioether (sulfide) groups is 1. The predicted molar refractivity (Wildman–Crippen MR) is 98.1 cm³/mol. The standard InChI is InChI=1S/C20H21NS/c1-20(2,3)19-21-17(15-10-6-4-7-11-15)14-18(22-19)16-12-8-5-9-13-16/h4-14,17H,1-3H3. The van der Waals surface area contributed by atoms with Crippen LogP contribution in [0.2, 0.25) is 0 Å². The molecule has 1 heterocycles. The van der Waals surface area contributed by atoms with E-state index < -0.39 is 0 Å².